The van der Waals surface area contributed by atoms with Crippen LogP contribution in [0.2, 0.25) is 0 Å². The third-order valence-corrected chi connectivity index (χ3v) is 4.75. The van der Waals surface area contributed by atoms with Crippen LogP contribution in [0.3, 0.4) is 0 Å². The van der Waals surface area contributed by atoms with Crippen molar-refractivity contribution in [3.8, 4) is 0 Å². The average Bonchev–Trinajstić information content (AvgIpc) is 2.74. The van der Waals surface area contributed by atoms with Gasteiger partial charge in [0, 0.05) is 0 Å². The number of halogens is 2. The van der Waals surface area contributed by atoms with Gasteiger partial charge in [0.25, 0.3) is 11.9 Å². The van der Waals surface area contributed by atoms with Crippen LogP contribution < -0.4 is 0 Å². The molecule has 2 unspecified atom stereocenters. The number of esters is 2. The molecule has 4 nitrogen and oxygen atoms in total. The minimum atomic E-state index is -0.826. The van der Waals surface area contributed by atoms with Crippen molar-refractivity contribution in [2.24, 2.45) is 11.8 Å². The van der Waals surface area contributed by atoms with E-state index >= 15 is 0 Å². The van der Waals surface area contributed by atoms with Gasteiger partial charge in [-0.15, -0.1) is 0 Å². The summed E-state index contributed by atoms with van der Waals surface area (Å²) in [4.78, 5) is 21.6. The number of hydrogen-bond donors (Lipinski definition) is 0. The molecule has 0 saturated heterocycles. The van der Waals surface area contributed by atoms with Crippen molar-refractivity contribution < 1.29 is 19.1 Å². The summed E-state index contributed by atoms with van der Waals surface area (Å²) in [6.45, 7) is 9.69. The van der Waals surface area contributed by atoms with Crippen molar-refractivity contribution >= 4 is 73.9 Å². The van der Waals surface area contributed by atoms with Gasteiger partial charge in [-0.05, 0) is 24.7 Å². The molecule has 0 saturated carbocycles. The first-order chi connectivity index (χ1) is 13.9. The van der Waals surface area contributed by atoms with Crippen LogP contribution in [0.4, 0.5) is 0 Å². The SMILES string of the molecule is CCCCC(CC)COC(=O)C[S-].CCCCC(CC)COC(=O)C[S-].[Cl][Sn+2][Cl]. The molecule has 0 aliphatic carbocycles. The number of unbranched alkanes of at least 4 members (excludes halogenated alkanes) is 2. The first kappa shape index (κ1) is 34.6. The van der Waals surface area contributed by atoms with Gasteiger partial charge in [0.1, 0.15) is 0 Å². The molecule has 2 atom stereocenters. The molecule has 0 aromatic heterocycles. The molecule has 0 aromatic carbocycles. The molecule has 0 aliphatic heterocycles. The summed E-state index contributed by atoms with van der Waals surface area (Å²) in [6, 6.07) is 0. The summed E-state index contributed by atoms with van der Waals surface area (Å²) in [7, 11) is 9.87. The van der Waals surface area contributed by atoms with E-state index < -0.39 is 18.9 Å². The van der Waals surface area contributed by atoms with Crippen LogP contribution in [0.5, 0.6) is 0 Å². The second kappa shape index (κ2) is 29.0. The number of carbonyl (C=O) groups is 2. The number of ether oxygens (including phenoxy) is 2. The molecule has 172 valence electrons. The Hall–Kier alpha value is 1.02. The second-order valence-corrected chi connectivity index (χ2v) is 11.4. The third kappa shape index (κ3) is 29.0. The molecule has 0 radical (unpaired) electrons. The summed E-state index contributed by atoms with van der Waals surface area (Å²) >= 11 is 8.33. The third-order valence-electron chi connectivity index (χ3n) is 4.28. The fourth-order valence-electron chi connectivity index (χ4n) is 2.30. The maximum atomic E-state index is 10.8. The Bertz CT molecular complexity index is 335. The van der Waals surface area contributed by atoms with E-state index in [1.807, 2.05) is 0 Å². The summed E-state index contributed by atoms with van der Waals surface area (Å²) in [5.74, 6) is 0.667. The van der Waals surface area contributed by atoms with E-state index in [4.69, 9.17) is 27.3 Å². The summed E-state index contributed by atoms with van der Waals surface area (Å²) in [6.07, 6.45) is 9.27. The van der Waals surface area contributed by atoms with E-state index in [-0.39, 0.29) is 23.4 Å². The maximum absolute atomic E-state index is 10.8. The van der Waals surface area contributed by atoms with Crippen molar-refractivity contribution in [1.29, 1.82) is 0 Å². The molecular weight excluding hydrogens is 558 g/mol. The molecule has 0 N–H and O–H groups in total. The van der Waals surface area contributed by atoms with Crippen LogP contribution in [-0.2, 0) is 44.3 Å². The molecule has 9 heteroatoms. The Morgan fingerprint density at radius 3 is 1.31 bits per heavy atom. The molecule has 0 rings (SSSR count). The van der Waals surface area contributed by atoms with Crippen LogP contribution >= 0.6 is 17.8 Å². The van der Waals surface area contributed by atoms with E-state index in [0.717, 1.165) is 25.7 Å². The van der Waals surface area contributed by atoms with Gasteiger partial charge in [0.15, 0.2) is 0 Å². The van der Waals surface area contributed by atoms with Gasteiger partial charge in [-0.25, -0.2) is 0 Å². The molecule has 0 aromatic rings. The fourth-order valence-corrected chi connectivity index (χ4v) is 2.47. The monoisotopic (exact) mass is 596 g/mol. The predicted octanol–water partition coefficient (Wildman–Crippen LogP) is 5.58. The number of carbonyl (C=O) groups excluding carboxylic acids is 2. The van der Waals surface area contributed by atoms with Crippen molar-refractivity contribution in [2.45, 2.75) is 79.1 Å². The van der Waals surface area contributed by atoms with Gasteiger partial charge in [-0.2, -0.15) is 0 Å². The molecule has 29 heavy (non-hydrogen) atoms. The Balaban J connectivity index is -0.000000410. The summed E-state index contributed by atoms with van der Waals surface area (Å²) < 4.78 is 10.00. The van der Waals surface area contributed by atoms with Crippen LogP contribution in [-0.4, -0.2) is 55.5 Å². The molecule has 0 aliphatic rings. The van der Waals surface area contributed by atoms with Crippen molar-refractivity contribution in [1.82, 2.24) is 0 Å². The van der Waals surface area contributed by atoms with E-state index in [1.54, 1.807) is 0 Å². The van der Waals surface area contributed by atoms with Gasteiger partial charge in [-0.1, -0.05) is 77.7 Å². The van der Waals surface area contributed by atoms with Crippen LogP contribution in [0.15, 0.2) is 0 Å². The van der Waals surface area contributed by atoms with Gasteiger partial charge in [0.05, 0.1) is 13.2 Å². The number of rotatable bonds is 14. The van der Waals surface area contributed by atoms with Gasteiger partial charge in [-0.3, -0.25) is 9.59 Å². The zero-order chi connectivity index (χ0) is 22.9. The summed E-state index contributed by atoms with van der Waals surface area (Å²) in [5, 5.41) is 0. The molecular formula is C20H38Cl2O4S2Sn. The van der Waals surface area contributed by atoms with E-state index in [0.29, 0.717) is 25.0 Å². The molecule has 0 heterocycles. The predicted molar refractivity (Wildman–Crippen MR) is 130 cm³/mol. The zero-order valence-corrected chi connectivity index (χ0v) is 24.3. The quantitative estimate of drug-likeness (QED) is 0.148. The normalized spacial score (nSPS) is 11.6. The van der Waals surface area contributed by atoms with Crippen molar-refractivity contribution in [3.05, 3.63) is 0 Å². The van der Waals surface area contributed by atoms with E-state index in [1.165, 1.54) is 25.7 Å². The Kier molecular flexibility index (Phi) is 34.6. The first-order valence-electron chi connectivity index (χ1n) is 10.3. The standard InChI is InChI=1S/2C10H20O2S.2ClH.Sn/c2*1-3-5-6-9(4-2)7-12-10(11)8-13;;;/h2*9,13H,3-8H2,1-2H3;2*1H;/q;;;;+4/p-4. The van der Waals surface area contributed by atoms with Gasteiger partial charge in [0.2, 0.25) is 0 Å². The van der Waals surface area contributed by atoms with Gasteiger partial charge < -0.3 is 34.7 Å². The molecule has 0 amide bonds. The van der Waals surface area contributed by atoms with Gasteiger partial charge >= 0.3 is 36.7 Å². The van der Waals surface area contributed by atoms with Crippen LogP contribution in [0.1, 0.15) is 79.1 Å². The fraction of sp³-hybridized carbons (Fsp3) is 0.900. The average molecular weight is 596 g/mol. The van der Waals surface area contributed by atoms with Crippen molar-refractivity contribution in [2.75, 3.05) is 24.7 Å². The van der Waals surface area contributed by atoms with Crippen LogP contribution in [0, 0.1) is 11.8 Å². The molecule has 0 bridgehead atoms. The minimum absolute atomic E-state index is 0.0736. The first-order valence-corrected chi connectivity index (χ1v) is 18.7. The van der Waals surface area contributed by atoms with E-state index in [9.17, 15) is 9.59 Å². The van der Waals surface area contributed by atoms with E-state index in [2.05, 4.69) is 53.0 Å². The van der Waals surface area contributed by atoms with Crippen molar-refractivity contribution in [3.63, 3.8) is 0 Å². The summed E-state index contributed by atoms with van der Waals surface area (Å²) in [5.41, 5.74) is 0. The topological polar surface area (TPSA) is 52.6 Å². The molecule has 0 spiro atoms. The van der Waals surface area contributed by atoms with Crippen LogP contribution in [0.25, 0.3) is 0 Å². The zero-order valence-electron chi connectivity index (χ0n) is 18.3. The Morgan fingerprint density at radius 1 is 0.793 bits per heavy atom. The second-order valence-electron chi connectivity index (χ2n) is 6.56. The Morgan fingerprint density at radius 2 is 1.10 bits per heavy atom. The Labute approximate surface area is 207 Å². The molecule has 0 fully saturated rings. The number of hydrogen-bond acceptors (Lipinski definition) is 6.